The number of halogens is 2. The smallest absolute Gasteiger partial charge is 0.259 e. The number of benzene rings is 2. The van der Waals surface area contributed by atoms with Gasteiger partial charge in [-0.3, -0.25) is 0 Å². The molecule has 26 heavy (non-hydrogen) atoms. The highest BCUT2D eigenvalue weighted by molar-refractivity contribution is 6.35. The third-order valence-corrected chi connectivity index (χ3v) is 4.22. The minimum Gasteiger partial charge on any atom is -0.758 e. The standard InChI is InChI=1S/C20H24Cl2N2O2/c1-19(2,3)23(25)17-9-14(13-7-15(21)11-16(22)8-13)10-18(12-17)24(26)20(4,5)6/h7-12H,1-6H3. The average Bonchev–Trinajstić information content (AvgIpc) is 2.50. The molecule has 0 aliphatic carbocycles. The van der Waals surface area contributed by atoms with Gasteiger partial charge in [0.05, 0.1) is 0 Å². The van der Waals surface area contributed by atoms with Gasteiger partial charge in [-0.2, -0.15) is 0 Å². The summed E-state index contributed by atoms with van der Waals surface area (Å²) in [5, 5.41) is 14.6. The first kappa shape index (κ1) is 20.7. The van der Waals surface area contributed by atoms with Crippen LogP contribution in [0.15, 0.2) is 36.4 Å². The van der Waals surface area contributed by atoms with Crippen molar-refractivity contribution in [3.05, 3.63) is 56.6 Å². The molecule has 0 saturated carbocycles. The molecule has 0 bridgehead atoms. The molecule has 0 aliphatic heterocycles. The maximum absolute atomic E-state index is 12.8. The van der Waals surface area contributed by atoms with Crippen molar-refractivity contribution >= 4 is 34.6 Å². The van der Waals surface area contributed by atoms with Gasteiger partial charge in [0.1, 0.15) is 0 Å². The lowest BCUT2D eigenvalue weighted by atomic mass is 10.0. The van der Waals surface area contributed by atoms with Crippen molar-refractivity contribution in [2.75, 3.05) is 5.06 Å². The number of nitroso groups, excluding NO2 is 1. The number of rotatable bonds is 3. The lowest BCUT2D eigenvalue weighted by molar-refractivity contribution is -0.540. The summed E-state index contributed by atoms with van der Waals surface area (Å²) in [7, 11) is 0. The Kier molecular flexibility index (Phi) is 5.71. The van der Waals surface area contributed by atoms with Crippen LogP contribution >= 0.6 is 23.2 Å². The predicted octanol–water partition coefficient (Wildman–Crippen LogP) is 6.97. The lowest BCUT2D eigenvalue weighted by Crippen LogP contribution is -2.36. The monoisotopic (exact) mass is 394 g/mol. The zero-order valence-electron chi connectivity index (χ0n) is 15.9. The molecular weight excluding hydrogens is 371 g/mol. The Balaban J connectivity index is 2.70. The van der Waals surface area contributed by atoms with E-state index in [1.54, 1.807) is 36.4 Å². The summed E-state index contributed by atoms with van der Waals surface area (Å²) in [5.74, 6) is 0. The van der Waals surface area contributed by atoms with Gasteiger partial charge in [0.25, 0.3) is 5.69 Å². The van der Waals surface area contributed by atoms with Crippen molar-refractivity contribution in [1.82, 2.24) is 0 Å². The highest BCUT2D eigenvalue weighted by Crippen LogP contribution is 2.36. The van der Waals surface area contributed by atoms with Crippen molar-refractivity contribution in [2.24, 2.45) is 0 Å². The molecule has 0 heterocycles. The molecule has 6 heteroatoms. The minimum absolute atomic E-state index is 0.409. The van der Waals surface area contributed by atoms with E-state index in [9.17, 15) is 10.1 Å². The van der Waals surface area contributed by atoms with Gasteiger partial charge < -0.3 is 10.3 Å². The van der Waals surface area contributed by atoms with E-state index in [0.29, 0.717) is 27.0 Å². The molecule has 0 radical (unpaired) electrons. The molecule has 0 unspecified atom stereocenters. The molecule has 0 atom stereocenters. The van der Waals surface area contributed by atoms with Crippen LogP contribution < -0.4 is 5.06 Å². The van der Waals surface area contributed by atoms with Gasteiger partial charge in [-0.1, -0.05) is 23.2 Å². The van der Waals surface area contributed by atoms with E-state index in [0.717, 1.165) is 15.4 Å². The molecule has 2 rings (SSSR count). The fourth-order valence-electron chi connectivity index (χ4n) is 2.49. The second-order valence-corrected chi connectivity index (χ2v) is 9.20. The number of hydrogen-bond donors (Lipinski definition) is 0. The summed E-state index contributed by atoms with van der Waals surface area (Å²) in [4.78, 5) is 12.8. The van der Waals surface area contributed by atoms with Crippen LogP contribution in [0.25, 0.3) is 11.1 Å². The summed E-state index contributed by atoms with van der Waals surface area (Å²) in [6.45, 7) is 10.9. The van der Waals surface area contributed by atoms with Crippen molar-refractivity contribution in [3.8, 4) is 11.1 Å². The Morgan fingerprint density at radius 1 is 0.846 bits per heavy atom. The number of nitrogens with zero attached hydrogens (tertiary/aromatic N) is 2. The van der Waals surface area contributed by atoms with Crippen LogP contribution in [-0.4, -0.2) is 15.8 Å². The third kappa shape index (κ3) is 4.76. The van der Waals surface area contributed by atoms with Crippen LogP contribution in [0, 0.1) is 10.1 Å². The van der Waals surface area contributed by atoms with E-state index in [1.165, 1.54) is 0 Å². The molecular formula is C20H24Cl2N2O2. The second kappa shape index (κ2) is 7.18. The summed E-state index contributed by atoms with van der Waals surface area (Å²) >= 11 is 12.2. The fourth-order valence-corrected chi connectivity index (χ4v) is 3.02. The summed E-state index contributed by atoms with van der Waals surface area (Å²) < 4.78 is 0.905. The van der Waals surface area contributed by atoms with Gasteiger partial charge in [0.15, 0.2) is 0 Å². The third-order valence-electron chi connectivity index (χ3n) is 3.79. The Morgan fingerprint density at radius 3 is 1.81 bits per heavy atom. The first-order valence-electron chi connectivity index (χ1n) is 8.35. The molecule has 2 aromatic carbocycles. The zero-order chi connectivity index (χ0) is 19.9. The lowest BCUT2D eigenvalue weighted by Gasteiger charge is -2.43. The Morgan fingerprint density at radius 2 is 1.35 bits per heavy atom. The summed E-state index contributed by atoms with van der Waals surface area (Å²) in [6.07, 6.45) is 0. The first-order chi connectivity index (χ1) is 11.8. The van der Waals surface area contributed by atoms with E-state index in [-0.39, 0.29) is 0 Å². The molecule has 0 fully saturated rings. The Bertz CT molecular complexity index is 816. The van der Waals surface area contributed by atoms with Gasteiger partial charge in [-0.05, 0) is 56.2 Å². The van der Waals surface area contributed by atoms with Crippen LogP contribution in [0.4, 0.5) is 11.4 Å². The van der Waals surface area contributed by atoms with E-state index in [2.05, 4.69) is 0 Å². The van der Waals surface area contributed by atoms with E-state index < -0.39 is 11.1 Å². The zero-order valence-corrected chi connectivity index (χ0v) is 17.4. The quantitative estimate of drug-likeness (QED) is 0.416. The molecule has 0 N–H and O–H groups in total. The van der Waals surface area contributed by atoms with Crippen LogP contribution in [0.5, 0.6) is 0 Å². The van der Waals surface area contributed by atoms with E-state index in [1.807, 2.05) is 41.5 Å². The topological polar surface area (TPSA) is 46.4 Å². The van der Waals surface area contributed by atoms with E-state index >= 15 is 0 Å². The summed E-state index contributed by atoms with van der Waals surface area (Å²) in [5.41, 5.74) is 0.985. The molecule has 0 spiro atoms. The molecule has 0 saturated heterocycles. The van der Waals surface area contributed by atoms with Gasteiger partial charge in [-0.15, -0.1) is 0 Å². The molecule has 0 aliphatic rings. The minimum atomic E-state index is -0.642. The Labute approximate surface area is 164 Å². The molecule has 4 nitrogen and oxygen atoms in total. The van der Waals surface area contributed by atoms with Gasteiger partial charge in [-0.25, -0.2) is 0 Å². The normalized spacial score (nSPS) is 12.2. The molecule has 140 valence electrons. The first-order valence-corrected chi connectivity index (χ1v) is 9.11. The number of hydrogen-bond acceptors (Lipinski definition) is 3. The maximum atomic E-state index is 12.8. The van der Waals surface area contributed by atoms with Crippen molar-refractivity contribution in [3.63, 3.8) is 0 Å². The molecule has 0 amide bonds. The highest BCUT2D eigenvalue weighted by atomic mass is 35.5. The van der Waals surface area contributed by atoms with Crippen molar-refractivity contribution in [2.45, 2.75) is 52.6 Å². The van der Waals surface area contributed by atoms with Crippen LogP contribution in [-0.2, 0) is 0 Å². The van der Waals surface area contributed by atoms with Crippen molar-refractivity contribution < 1.29 is 4.76 Å². The largest absolute Gasteiger partial charge is 0.758 e. The molecule has 2 aromatic rings. The average molecular weight is 395 g/mol. The van der Waals surface area contributed by atoms with Crippen LogP contribution in [0.1, 0.15) is 41.5 Å². The number of anilines is 1. The van der Waals surface area contributed by atoms with Gasteiger partial charge >= 0.3 is 0 Å². The van der Waals surface area contributed by atoms with Crippen LogP contribution in [0.3, 0.4) is 0 Å². The SMILES string of the molecule is CC(C)(C)N([O-])c1cc(-c2cc(Cl)cc(Cl)c2)cc([N+](=O)C(C)(C)C)c1. The van der Waals surface area contributed by atoms with Crippen LogP contribution in [0.2, 0.25) is 10.0 Å². The maximum Gasteiger partial charge on any atom is 0.259 e. The highest BCUT2D eigenvalue weighted by Gasteiger charge is 2.32. The van der Waals surface area contributed by atoms with Gasteiger partial charge in [0.2, 0.25) is 5.54 Å². The second-order valence-electron chi connectivity index (χ2n) is 8.33. The van der Waals surface area contributed by atoms with Crippen molar-refractivity contribution in [1.29, 1.82) is 0 Å². The summed E-state index contributed by atoms with van der Waals surface area (Å²) in [6, 6.07) is 10.3. The van der Waals surface area contributed by atoms with E-state index in [4.69, 9.17) is 23.2 Å². The fraction of sp³-hybridized carbons (Fsp3) is 0.400. The molecule has 0 aromatic heterocycles. The van der Waals surface area contributed by atoms with Gasteiger partial charge in [0, 0.05) is 63.8 Å². The number of hydroxylamine groups is 1. The Hall–Kier alpha value is -1.62. The predicted molar refractivity (Wildman–Crippen MR) is 111 cm³/mol.